The fourth-order valence-electron chi connectivity index (χ4n) is 2.57. The Bertz CT molecular complexity index is 877. The van der Waals surface area contributed by atoms with Crippen LogP contribution >= 0.6 is 24.0 Å². The minimum atomic E-state index is -0.131. The number of benzene rings is 2. The fraction of sp³-hybridized carbons (Fsp3) is 0.238. The lowest BCUT2D eigenvalue weighted by Crippen LogP contribution is -2.27. The summed E-state index contributed by atoms with van der Waals surface area (Å²) in [6, 6.07) is 15.0. The van der Waals surface area contributed by atoms with E-state index in [-0.39, 0.29) is 12.0 Å². The van der Waals surface area contributed by atoms with Gasteiger partial charge in [0.1, 0.15) is 11.5 Å². The molecule has 1 saturated heterocycles. The molecule has 0 aromatic heterocycles. The van der Waals surface area contributed by atoms with Gasteiger partial charge in [0.25, 0.3) is 5.91 Å². The van der Waals surface area contributed by atoms with Crippen molar-refractivity contribution in [3.8, 4) is 11.5 Å². The van der Waals surface area contributed by atoms with Crippen molar-refractivity contribution in [1.82, 2.24) is 0 Å². The molecule has 3 rings (SSSR count). The van der Waals surface area contributed by atoms with Crippen LogP contribution < -0.4 is 14.4 Å². The SMILES string of the molecule is CC[C@H](C)Oc1ccccc1/C=C1\SC(=S)N(c2ccc(OC)cc2)C1=O. The molecule has 0 spiro atoms. The molecular formula is C21H21NO3S2. The summed E-state index contributed by atoms with van der Waals surface area (Å²) in [5.74, 6) is 1.37. The Labute approximate surface area is 169 Å². The first-order valence-corrected chi connectivity index (χ1v) is 9.93. The monoisotopic (exact) mass is 399 g/mol. The van der Waals surface area contributed by atoms with Crippen LogP contribution in [0.2, 0.25) is 0 Å². The van der Waals surface area contributed by atoms with Gasteiger partial charge >= 0.3 is 0 Å². The van der Waals surface area contributed by atoms with Gasteiger partial charge in [-0.25, -0.2) is 0 Å². The second-order valence-electron chi connectivity index (χ2n) is 6.09. The highest BCUT2D eigenvalue weighted by atomic mass is 32.2. The highest BCUT2D eigenvalue weighted by molar-refractivity contribution is 8.27. The van der Waals surface area contributed by atoms with Gasteiger partial charge in [0, 0.05) is 5.56 Å². The number of carbonyl (C=O) groups is 1. The summed E-state index contributed by atoms with van der Waals surface area (Å²) in [6.45, 7) is 4.10. The molecule has 27 heavy (non-hydrogen) atoms. The molecule has 1 fully saturated rings. The van der Waals surface area contributed by atoms with Crippen LogP contribution in [0, 0.1) is 0 Å². The Kier molecular flexibility index (Phi) is 6.19. The molecule has 140 valence electrons. The normalized spacial score (nSPS) is 16.7. The predicted molar refractivity (Wildman–Crippen MR) is 115 cm³/mol. The van der Waals surface area contributed by atoms with E-state index in [1.165, 1.54) is 11.8 Å². The number of hydrogen-bond acceptors (Lipinski definition) is 5. The van der Waals surface area contributed by atoms with Crippen molar-refractivity contribution in [3.05, 3.63) is 59.0 Å². The van der Waals surface area contributed by atoms with E-state index in [4.69, 9.17) is 21.7 Å². The van der Waals surface area contributed by atoms with E-state index in [0.29, 0.717) is 9.23 Å². The topological polar surface area (TPSA) is 38.8 Å². The zero-order valence-electron chi connectivity index (χ0n) is 15.5. The number of rotatable bonds is 6. The maximum Gasteiger partial charge on any atom is 0.270 e. The molecule has 0 aliphatic carbocycles. The number of nitrogens with zero attached hydrogens (tertiary/aromatic N) is 1. The largest absolute Gasteiger partial charge is 0.497 e. The van der Waals surface area contributed by atoms with E-state index in [1.54, 1.807) is 12.0 Å². The van der Waals surface area contributed by atoms with Crippen LogP contribution in [-0.2, 0) is 4.79 Å². The smallest absolute Gasteiger partial charge is 0.270 e. The van der Waals surface area contributed by atoms with Gasteiger partial charge in [-0.1, -0.05) is 49.1 Å². The molecule has 0 bridgehead atoms. The number of para-hydroxylation sites is 1. The van der Waals surface area contributed by atoms with Crippen molar-refractivity contribution in [2.24, 2.45) is 0 Å². The van der Waals surface area contributed by atoms with Crippen molar-refractivity contribution in [2.45, 2.75) is 26.4 Å². The van der Waals surface area contributed by atoms with Gasteiger partial charge in [-0.2, -0.15) is 0 Å². The van der Waals surface area contributed by atoms with E-state index in [9.17, 15) is 4.79 Å². The zero-order valence-corrected chi connectivity index (χ0v) is 17.1. The lowest BCUT2D eigenvalue weighted by molar-refractivity contribution is -0.113. The van der Waals surface area contributed by atoms with E-state index < -0.39 is 0 Å². The summed E-state index contributed by atoms with van der Waals surface area (Å²) in [6.07, 6.45) is 2.86. The first kappa shape index (κ1) is 19.5. The van der Waals surface area contributed by atoms with Gasteiger partial charge in [0.05, 0.1) is 23.8 Å². The van der Waals surface area contributed by atoms with Crippen LogP contribution in [0.15, 0.2) is 53.4 Å². The van der Waals surface area contributed by atoms with E-state index in [1.807, 2.05) is 61.5 Å². The Morgan fingerprint density at radius 1 is 1.19 bits per heavy atom. The van der Waals surface area contributed by atoms with Gasteiger partial charge in [-0.05, 0) is 49.8 Å². The maximum absolute atomic E-state index is 12.9. The molecule has 1 aliphatic heterocycles. The quantitative estimate of drug-likeness (QED) is 0.488. The Morgan fingerprint density at radius 2 is 1.89 bits per heavy atom. The fourth-order valence-corrected chi connectivity index (χ4v) is 3.86. The molecule has 2 aromatic carbocycles. The Balaban J connectivity index is 1.88. The number of hydrogen-bond donors (Lipinski definition) is 0. The van der Waals surface area contributed by atoms with Crippen molar-refractivity contribution in [2.75, 3.05) is 12.0 Å². The number of amides is 1. The third-order valence-electron chi connectivity index (χ3n) is 4.23. The van der Waals surface area contributed by atoms with Crippen LogP contribution in [0.3, 0.4) is 0 Å². The Morgan fingerprint density at radius 3 is 2.56 bits per heavy atom. The first-order valence-electron chi connectivity index (χ1n) is 8.71. The Hall–Kier alpha value is -2.31. The van der Waals surface area contributed by atoms with Crippen molar-refractivity contribution in [1.29, 1.82) is 0 Å². The van der Waals surface area contributed by atoms with Crippen molar-refractivity contribution < 1.29 is 14.3 Å². The minimum Gasteiger partial charge on any atom is -0.497 e. The van der Waals surface area contributed by atoms with Crippen LogP contribution in [0.25, 0.3) is 6.08 Å². The molecule has 0 radical (unpaired) electrons. The molecule has 6 heteroatoms. The predicted octanol–water partition coefficient (Wildman–Crippen LogP) is 5.28. The van der Waals surface area contributed by atoms with Crippen molar-refractivity contribution >= 4 is 46.0 Å². The van der Waals surface area contributed by atoms with Crippen LogP contribution in [0.4, 0.5) is 5.69 Å². The number of methoxy groups -OCH3 is 1. The third kappa shape index (κ3) is 4.34. The maximum atomic E-state index is 12.9. The molecule has 1 aliphatic rings. The molecular weight excluding hydrogens is 378 g/mol. The number of thioether (sulfide) groups is 1. The molecule has 1 amide bonds. The summed E-state index contributed by atoms with van der Waals surface area (Å²) >= 11 is 6.74. The molecule has 0 saturated carbocycles. The van der Waals surface area contributed by atoms with Crippen LogP contribution in [0.5, 0.6) is 11.5 Å². The van der Waals surface area contributed by atoms with Gasteiger partial charge in [-0.3, -0.25) is 9.69 Å². The second kappa shape index (κ2) is 8.59. The molecule has 2 aromatic rings. The van der Waals surface area contributed by atoms with Gasteiger partial charge in [0.2, 0.25) is 0 Å². The summed E-state index contributed by atoms with van der Waals surface area (Å²) in [7, 11) is 1.61. The lowest BCUT2D eigenvalue weighted by Gasteiger charge is -2.15. The second-order valence-corrected chi connectivity index (χ2v) is 7.77. The number of ether oxygens (including phenoxy) is 2. The molecule has 4 nitrogen and oxygen atoms in total. The van der Waals surface area contributed by atoms with E-state index >= 15 is 0 Å². The number of anilines is 1. The first-order chi connectivity index (χ1) is 13.0. The highest BCUT2D eigenvalue weighted by Crippen LogP contribution is 2.37. The van der Waals surface area contributed by atoms with Crippen molar-refractivity contribution in [3.63, 3.8) is 0 Å². The standard InChI is InChI=1S/C21H21NO3S2/c1-4-14(2)25-18-8-6-5-7-15(18)13-19-20(23)22(21(26)27-19)16-9-11-17(24-3)12-10-16/h5-14H,4H2,1-3H3/b19-13-/t14-/m0/s1. The molecule has 0 unspecified atom stereocenters. The highest BCUT2D eigenvalue weighted by Gasteiger charge is 2.33. The van der Waals surface area contributed by atoms with Crippen LogP contribution in [0.1, 0.15) is 25.8 Å². The van der Waals surface area contributed by atoms with Gasteiger partial charge in [-0.15, -0.1) is 0 Å². The van der Waals surface area contributed by atoms with E-state index in [2.05, 4.69) is 6.92 Å². The molecule has 1 heterocycles. The summed E-state index contributed by atoms with van der Waals surface area (Å²) in [5.41, 5.74) is 1.60. The summed E-state index contributed by atoms with van der Waals surface area (Å²) in [4.78, 5) is 15.1. The lowest BCUT2D eigenvalue weighted by atomic mass is 10.1. The molecule has 0 N–H and O–H groups in total. The molecule has 1 atom stereocenters. The van der Waals surface area contributed by atoms with Gasteiger partial charge < -0.3 is 9.47 Å². The number of thiocarbonyl (C=S) groups is 1. The van der Waals surface area contributed by atoms with E-state index in [0.717, 1.165) is 29.2 Å². The third-order valence-corrected chi connectivity index (χ3v) is 5.54. The van der Waals surface area contributed by atoms with Crippen LogP contribution in [-0.4, -0.2) is 23.4 Å². The summed E-state index contributed by atoms with van der Waals surface area (Å²) < 4.78 is 11.7. The summed E-state index contributed by atoms with van der Waals surface area (Å²) in [5, 5.41) is 0. The average molecular weight is 400 g/mol. The minimum absolute atomic E-state index is 0.105. The zero-order chi connectivity index (χ0) is 19.4. The number of carbonyl (C=O) groups excluding carboxylic acids is 1. The van der Waals surface area contributed by atoms with Gasteiger partial charge in [0.15, 0.2) is 4.32 Å². The average Bonchev–Trinajstić information content (AvgIpc) is 2.96.